The van der Waals surface area contributed by atoms with E-state index in [9.17, 15) is 9.18 Å². The van der Waals surface area contributed by atoms with E-state index in [1.54, 1.807) is 0 Å². The first kappa shape index (κ1) is 11.4. The number of benzene rings is 1. The van der Waals surface area contributed by atoms with Crippen molar-refractivity contribution in [2.45, 2.75) is 19.4 Å². The molecule has 0 aromatic heterocycles. The van der Waals surface area contributed by atoms with Gasteiger partial charge in [0.05, 0.1) is 11.6 Å². The third kappa shape index (κ3) is 1.69. The van der Waals surface area contributed by atoms with Crippen LogP contribution in [0.4, 0.5) is 4.39 Å². The molecule has 1 aliphatic rings. The SMILES string of the molecule is COC(=O)c1cc(F)c(Br)c2c1OC(C)C2. The highest BCUT2D eigenvalue weighted by Gasteiger charge is 2.29. The van der Waals surface area contributed by atoms with E-state index < -0.39 is 11.8 Å². The van der Waals surface area contributed by atoms with E-state index in [0.717, 1.165) is 6.07 Å². The van der Waals surface area contributed by atoms with Crippen LogP contribution in [-0.2, 0) is 11.2 Å². The van der Waals surface area contributed by atoms with Gasteiger partial charge in [0, 0.05) is 12.0 Å². The van der Waals surface area contributed by atoms with Gasteiger partial charge < -0.3 is 9.47 Å². The summed E-state index contributed by atoms with van der Waals surface area (Å²) in [5, 5.41) is 0. The number of hydrogen-bond donors (Lipinski definition) is 0. The molecule has 0 aliphatic carbocycles. The van der Waals surface area contributed by atoms with E-state index in [4.69, 9.17) is 4.74 Å². The Bertz CT molecular complexity index is 459. The summed E-state index contributed by atoms with van der Waals surface area (Å²) in [5.74, 6) is -0.638. The van der Waals surface area contributed by atoms with Gasteiger partial charge in [0.1, 0.15) is 23.2 Å². The maximum absolute atomic E-state index is 13.5. The van der Waals surface area contributed by atoms with Crippen LogP contribution in [0.2, 0.25) is 0 Å². The lowest BCUT2D eigenvalue weighted by atomic mass is 10.1. The Morgan fingerprint density at radius 2 is 2.38 bits per heavy atom. The normalized spacial score (nSPS) is 17.9. The molecule has 1 atom stereocenters. The molecule has 0 spiro atoms. The summed E-state index contributed by atoms with van der Waals surface area (Å²) in [6.07, 6.45) is 0.522. The Balaban J connectivity index is 2.61. The molecule has 0 radical (unpaired) electrons. The van der Waals surface area contributed by atoms with Crippen molar-refractivity contribution >= 4 is 21.9 Å². The van der Waals surface area contributed by atoms with Crippen molar-refractivity contribution in [1.29, 1.82) is 0 Å². The summed E-state index contributed by atoms with van der Waals surface area (Å²) in [7, 11) is 1.26. The third-order valence-corrected chi connectivity index (χ3v) is 3.34. The maximum atomic E-state index is 13.5. The van der Waals surface area contributed by atoms with Gasteiger partial charge >= 0.3 is 5.97 Å². The zero-order chi connectivity index (χ0) is 11.9. The van der Waals surface area contributed by atoms with E-state index in [0.29, 0.717) is 22.2 Å². The van der Waals surface area contributed by atoms with Crippen molar-refractivity contribution in [3.05, 3.63) is 27.5 Å². The lowest BCUT2D eigenvalue weighted by Gasteiger charge is -2.09. The van der Waals surface area contributed by atoms with Gasteiger partial charge in [-0.1, -0.05) is 0 Å². The summed E-state index contributed by atoms with van der Waals surface area (Å²) in [6, 6.07) is 1.13. The molecule has 0 bridgehead atoms. The minimum Gasteiger partial charge on any atom is -0.489 e. The second-order valence-corrected chi connectivity index (χ2v) is 4.44. The summed E-state index contributed by atoms with van der Waals surface area (Å²) >= 11 is 3.16. The highest BCUT2D eigenvalue weighted by atomic mass is 79.9. The van der Waals surface area contributed by atoms with Gasteiger partial charge in [-0.05, 0) is 28.9 Å². The predicted molar refractivity (Wildman–Crippen MR) is 59.2 cm³/mol. The molecule has 1 heterocycles. The highest BCUT2D eigenvalue weighted by molar-refractivity contribution is 9.10. The molecule has 0 saturated heterocycles. The van der Waals surface area contributed by atoms with E-state index in [1.807, 2.05) is 6.92 Å². The van der Waals surface area contributed by atoms with Crippen LogP contribution in [-0.4, -0.2) is 19.2 Å². The maximum Gasteiger partial charge on any atom is 0.341 e. The Labute approximate surface area is 101 Å². The van der Waals surface area contributed by atoms with Gasteiger partial charge in [-0.3, -0.25) is 0 Å². The van der Waals surface area contributed by atoms with Crippen molar-refractivity contribution in [3.63, 3.8) is 0 Å². The molecule has 3 nitrogen and oxygen atoms in total. The zero-order valence-corrected chi connectivity index (χ0v) is 10.4. The fraction of sp³-hybridized carbons (Fsp3) is 0.364. The molecule has 0 saturated carbocycles. The van der Waals surface area contributed by atoms with Gasteiger partial charge in [0.25, 0.3) is 0 Å². The van der Waals surface area contributed by atoms with E-state index in [2.05, 4.69) is 20.7 Å². The van der Waals surface area contributed by atoms with Gasteiger partial charge in [0.2, 0.25) is 0 Å². The number of hydrogen-bond acceptors (Lipinski definition) is 3. The van der Waals surface area contributed by atoms with Crippen molar-refractivity contribution in [2.24, 2.45) is 0 Å². The standard InChI is InChI=1S/C11H10BrFO3/c1-5-3-6-9(12)8(13)4-7(10(6)16-5)11(14)15-2/h4-5H,3H2,1-2H3. The molecule has 16 heavy (non-hydrogen) atoms. The van der Waals surface area contributed by atoms with Crippen LogP contribution >= 0.6 is 15.9 Å². The molecule has 2 rings (SSSR count). The second kappa shape index (κ2) is 4.05. The number of ether oxygens (including phenoxy) is 2. The first-order valence-electron chi connectivity index (χ1n) is 4.80. The molecule has 1 aromatic rings. The number of methoxy groups -OCH3 is 1. The first-order chi connectivity index (χ1) is 7.54. The van der Waals surface area contributed by atoms with Crippen molar-refractivity contribution < 1.29 is 18.7 Å². The van der Waals surface area contributed by atoms with Gasteiger partial charge in [0.15, 0.2) is 0 Å². The number of halogens is 2. The minimum absolute atomic E-state index is 0.0588. The smallest absolute Gasteiger partial charge is 0.341 e. The van der Waals surface area contributed by atoms with Crippen LogP contribution in [0.1, 0.15) is 22.8 Å². The third-order valence-electron chi connectivity index (χ3n) is 2.48. The number of carbonyl (C=O) groups is 1. The van der Waals surface area contributed by atoms with Gasteiger partial charge in [-0.15, -0.1) is 0 Å². The molecule has 1 aromatic carbocycles. The van der Waals surface area contributed by atoms with Crippen molar-refractivity contribution in [3.8, 4) is 5.75 Å². The molecule has 1 unspecified atom stereocenters. The summed E-state index contributed by atoms with van der Waals surface area (Å²) in [5.41, 5.74) is 0.829. The highest BCUT2D eigenvalue weighted by Crippen LogP contribution is 2.39. The number of esters is 1. The Morgan fingerprint density at radius 1 is 1.69 bits per heavy atom. The van der Waals surface area contributed by atoms with Crippen LogP contribution in [0.5, 0.6) is 5.75 Å². The van der Waals surface area contributed by atoms with E-state index in [-0.39, 0.29) is 11.7 Å². The lowest BCUT2D eigenvalue weighted by molar-refractivity contribution is 0.0595. The Kier molecular flexibility index (Phi) is 2.88. The monoisotopic (exact) mass is 288 g/mol. The molecule has 0 fully saturated rings. The predicted octanol–water partition coefficient (Wildman–Crippen LogP) is 2.70. The van der Waals surface area contributed by atoms with E-state index >= 15 is 0 Å². The molecule has 1 aliphatic heterocycles. The largest absolute Gasteiger partial charge is 0.489 e. The topological polar surface area (TPSA) is 35.5 Å². The number of rotatable bonds is 1. The Hall–Kier alpha value is -1.10. The van der Waals surface area contributed by atoms with Crippen LogP contribution in [0, 0.1) is 5.82 Å². The zero-order valence-electron chi connectivity index (χ0n) is 8.84. The Morgan fingerprint density at radius 3 is 3.00 bits per heavy atom. The average molecular weight is 289 g/mol. The van der Waals surface area contributed by atoms with Crippen LogP contribution < -0.4 is 4.74 Å². The van der Waals surface area contributed by atoms with Gasteiger partial charge in [-0.2, -0.15) is 0 Å². The summed E-state index contributed by atoms with van der Waals surface area (Å²) in [4.78, 5) is 11.5. The second-order valence-electron chi connectivity index (χ2n) is 3.65. The summed E-state index contributed by atoms with van der Waals surface area (Å²) < 4.78 is 24.0. The van der Waals surface area contributed by atoms with Gasteiger partial charge in [-0.25, -0.2) is 9.18 Å². The van der Waals surface area contributed by atoms with Crippen LogP contribution in [0.15, 0.2) is 10.5 Å². The lowest BCUT2D eigenvalue weighted by Crippen LogP contribution is -2.08. The fourth-order valence-corrected chi connectivity index (χ4v) is 2.23. The van der Waals surface area contributed by atoms with Crippen molar-refractivity contribution in [2.75, 3.05) is 7.11 Å². The van der Waals surface area contributed by atoms with Crippen LogP contribution in [0.25, 0.3) is 0 Å². The molecule has 0 N–H and O–H groups in total. The fourth-order valence-electron chi connectivity index (χ4n) is 1.77. The van der Waals surface area contributed by atoms with E-state index in [1.165, 1.54) is 7.11 Å². The average Bonchev–Trinajstić information content (AvgIpc) is 2.64. The molecule has 0 amide bonds. The van der Waals surface area contributed by atoms with Crippen molar-refractivity contribution in [1.82, 2.24) is 0 Å². The molecule has 86 valence electrons. The molecular formula is C11H10BrFO3. The number of fused-ring (bicyclic) bond motifs is 1. The van der Waals surface area contributed by atoms with Crippen LogP contribution in [0.3, 0.4) is 0 Å². The molecular weight excluding hydrogens is 279 g/mol. The minimum atomic E-state index is -0.586. The first-order valence-corrected chi connectivity index (χ1v) is 5.59. The molecule has 5 heteroatoms. The quantitative estimate of drug-likeness (QED) is 0.746. The number of carbonyl (C=O) groups excluding carboxylic acids is 1. The summed E-state index contributed by atoms with van der Waals surface area (Å²) in [6.45, 7) is 1.87.